The largest absolute Gasteiger partial charge is 0.479 e. The molecule has 1 saturated heterocycles. The smallest absolute Gasteiger partial charge is 0.343 e. The molecule has 1 N–H and O–H groups in total. The molecule has 0 radical (unpaired) electrons. The van der Waals surface area contributed by atoms with Gasteiger partial charge in [0, 0.05) is 19.2 Å². The topological polar surface area (TPSA) is 70.5 Å². The standard InChI is InChI=1S/C12H13FN2O3/c1-8-3-2-5-14-9(8)10(16)15-6-4-12(13,7-15)11(17)18/h2-3,5H,4,6-7H2,1H3,(H,17,18). The zero-order valence-electron chi connectivity index (χ0n) is 9.89. The van der Waals surface area contributed by atoms with E-state index in [4.69, 9.17) is 5.11 Å². The molecule has 0 aliphatic carbocycles. The number of rotatable bonds is 2. The lowest BCUT2D eigenvalue weighted by molar-refractivity contribution is -0.149. The van der Waals surface area contributed by atoms with Crippen molar-refractivity contribution in [3.05, 3.63) is 29.6 Å². The number of amides is 1. The number of aliphatic carboxylic acids is 1. The Bertz CT molecular complexity index is 506. The van der Waals surface area contributed by atoms with E-state index in [-0.39, 0.29) is 18.7 Å². The second-order valence-electron chi connectivity index (χ2n) is 4.42. The van der Waals surface area contributed by atoms with Gasteiger partial charge in [-0.3, -0.25) is 9.78 Å². The molecule has 0 aromatic carbocycles. The highest BCUT2D eigenvalue weighted by Crippen LogP contribution is 2.27. The van der Waals surface area contributed by atoms with Crippen LogP contribution in [0.15, 0.2) is 18.3 Å². The lowest BCUT2D eigenvalue weighted by Crippen LogP contribution is -2.39. The summed E-state index contributed by atoms with van der Waals surface area (Å²) in [6, 6.07) is 3.43. The lowest BCUT2D eigenvalue weighted by atomic mass is 10.1. The summed E-state index contributed by atoms with van der Waals surface area (Å²) < 4.78 is 13.8. The van der Waals surface area contributed by atoms with Gasteiger partial charge in [0.05, 0.1) is 6.54 Å². The number of carbonyl (C=O) groups is 2. The van der Waals surface area contributed by atoms with Crippen LogP contribution in [0.1, 0.15) is 22.5 Å². The molecule has 1 aliphatic rings. The van der Waals surface area contributed by atoms with Gasteiger partial charge in [0.2, 0.25) is 5.67 Å². The normalized spacial score (nSPS) is 23.1. The number of carboxylic acids is 1. The number of aryl methyl sites for hydroxylation is 1. The van der Waals surface area contributed by atoms with Crippen LogP contribution in [0.5, 0.6) is 0 Å². The van der Waals surface area contributed by atoms with Crippen LogP contribution in [0.2, 0.25) is 0 Å². The quantitative estimate of drug-likeness (QED) is 0.853. The van der Waals surface area contributed by atoms with Crippen LogP contribution in [0.25, 0.3) is 0 Å². The molecule has 1 fully saturated rings. The summed E-state index contributed by atoms with van der Waals surface area (Å²) in [5.41, 5.74) is -1.40. The Morgan fingerprint density at radius 2 is 2.28 bits per heavy atom. The van der Waals surface area contributed by atoms with E-state index in [1.165, 1.54) is 11.1 Å². The Kier molecular flexibility index (Phi) is 3.02. The molecule has 6 heteroatoms. The van der Waals surface area contributed by atoms with Gasteiger partial charge in [-0.15, -0.1) is 0 Å². The molecule has 96 valence electrons. The number of alkyl halides is 1. The number of halogens is 1. The number of hydrogen-bond acceptors (Lipinski definition) is 3. The number of hydrogen-bond donors (Lipinski definition) is 1. The fourth-order valence-electron chi connectivity index (χ4n) is 1.98. The number of aromatic nitrogens is 1. The SMILES string of the molecule is Cc1cccnc1C(=O)N1CCC(F)(C(=O)O)C1. The number of carbonyl (C=O) groups excluding carboxylic acids is 1. The molecular formula is C12H13FN2O3. The second kappa shape index (κ2) is 4.36. The molecular weight excluding hydrogens is 239 g/mol. The Labute approximate surface area is 103 Å². The zero-order valence-corrected chi connectivity index (χ0v) is 9.89. The first-order valence-corrected chi connectivity index (χ1v) is 5.57. The van der Waals surface area contributed by atoms with Crippen LogP contribution in [0.4, 0.5) is 4.39 Å². The van der Waals surface area contributed by atoms with E-state index in [2.05, 4.69) is 4.98 Å². The average Bonchev–Trinajstić information content (AvgIpc) is 2.73. The Morgan fingerprint density at radius 3 is 2.83 bits per heavy atom. The summed E-state index contributed by atoms with van der Waals surface area (Å²) in [7, 11) is 0. The van der Waals surface area contributed by atoms with E-state index in [0.29, 0.717) is 5.56 Å². The van der Waals surface area contributed by atoms with Crippen LogP contribution < -0.4 is 0 Å². The summed E-state index contributed by atoms with van der Waals surface area (Å²) in [6.07, 6.45) is 1.30. The number of likely N-dealkylation sites (tertiary alicyclic amines) is 1. The predicted octanol–water partition coefficient (Wildman–Crippen LogP) is 1.03. The molecule has 0 saturated carbocycles. The van der Waals surface area contributed by atoms with Crippen LogP contribution >= 0.6 is 0 Å². The van der Waals surface area contributed by atoms with Crippen molar-refractivity contribution in [2.24, 2.45) is 0 Å². The van der Waals surface area contributed by atoms with Crippen molar-refractivity contribution in [1.82, 2.24) is 9.88 Å². The molecule has 0 spiro atoms. The van der Waals surface area contributed by atoms with Crippen LogP contribution in [-0.2, 0) is 4.79 Å². The van der Waals surface area contributed by atoms with Gasteiger partial charge in [-0.2, -0.15) is 0 Å². The highest BCUT2D eigenvalue weighted by molar-refractivity contribution is 5.94. The Hall–Kier alpha value is -1.98. The number of carboxylic acid groups (broad SMARTS) is 1. The van der Waals surface area contributed by atoms with E-state index >= 15 is 0 Å². The third-order valence-electron chi connectivity index (χ3n) is 3.10. The fraction of sp³-hybridized carbons (Fsp3) is 0.417. The summed E-state index contributed by atoms with van der Waals surface area (Å²) >= 11 is 0. The van der Waals surface area contributed by atoms with E-state index in [1.54, 1.807) is 19.1 Å². The van der Waals surface area contributed by atoms with Crippen molar-refractivity contribution in [1.29, 1.82) is 0 Å². The van der Waals surface area contributed by atoms with Crippen molar-refractivity contribution in [3.8, 4) is 0 Å². The predicted molar refractivity (Wildman–Crippen MR) is 61.0 cm³/mol. The third kappa shape index (κ3) is 2.05. The van der Waals surface area contributed by atoms with Gasteiger partial charge in [-0.05, 0) is 18.6 Å². The van der Waals surface area contributed by atoms with Gasteiger partial charge < -0.3 is 10.0 Å². The summed E-state index contributed by atoms with van der Waals surface area (Å²) in [6.45, 7) is 1.41. The molecule has 1 aromatic heterocycles. The third-order valence-corrected chi connectivity index (χ3v) is 3.10. The van der Waals surface area contributed by atoms with Gasteiger partial charge in [0.25, 0.3) is 5.91 Å². The molecule has 18 heavy (non-hydrogen) atoms. The molecule has 1 atom stereocenters. The van der Waals surface area contributed by atoms with E-state index in [9.17, 15) is 14.0 Å². The summed E-state index contributed by atoms with van der Waals surface area (Å²) in [5, 5.41) is 8.77. The van der Waals surface area contributed by atoms with Crippen molar-refractivity contribution < 1.29 is 19.1 Å². The van der Waals surface area contributed by atoms with Crippen LogP contribution in [0, 0.1) is 6.92 Å². The molecule has 1 unspecified atom stereocenters. The summed E-state index contributed by atoms with van der Waals surface area (Å²) in [5.74, 6) is -1.94. The minimum absolute atomic E-state index is 0.0949. The fourth-order valence-corrected chi connectivity index (χ4v) is 1.98. The maximum atomic E-state index is 13.8. The molecule has 0 bridgehead atoms. The van der Waals surface area contributed by atoms with Crippen molar-refractivity contribution in [2.45, 2.75) is 19.0 Å². The molecule has 2 rings (SSSR count). The maximum Gasteiger partial charge on any atom is 0.343 e. The first kappa shape index (κ1) is 12.5. The maximum absolute atomic E-state index is 13.8. The van der Waals surface area contributed by atoms with E-state index in [1.807, 2.05) is 0 Å². The van der Waals surface area contributed by atoms with E-state index < -0.39 is 24.1 Å². The molecule has 2 heterocycles. The molecule has 1 aliphatic heterocycles. The Balaban J connectivity index is 2.18. The van der Waals surface area contributed by atoms with Gasteiger partial charge >= 0.3 is 5.97 Å². The Morgan fingerprint density at radius 1 is 1.56 bits per heavy atom. The molecule has 1 amide bonds. The van der Waals surface area contributed by atoms with Crippen molar-refractivity contribution in [3.63, 3.8) is 0 Å². The van der Waals surface area contributed by atoms with Crippen LogP contribution in [0.3, 0.4) is 0 Å². The minimum atomic E-state index is -2.33. The number of nitrogens with zero attached hydrogens (tertiary/aromatic N) is 2. The molecule has 1 aromatic rings. The van der Waals surface area contributed by atoms with Crippen molar-refractivity contribution in [2.75, 3.05) is 13.1 Å². The van der Waals surface area contributed by atoms with E-state index in [0.717, 1.165) is 0 Å². The molecule has 5 nitrogen and oxygen atoms in total. The van der Waals surface area contributed by atoms with Gasteiger partial charge in [0.1, 0.15) is 5.69 Å². The first-order chi connectivity index (χ1) is 8.44. The minimum Gasteiger partial charge on any atom is -0.479 e. The first-order valence-electron chi connectivity index (χ1n) is 5.57. The van der Waals surface area contributed by atoms with Gasteiger partial charge in [-0.1, -0.05) is 6.07 Å². The highest BCUT2D eigenvalue weighted by Gasteiger charge is 2.47. The van der Waals surface area contributed by atoms with Crippen molar-refractivity contribution >= 4 is 11.9 Å². The monoisotopic (exact) mass is 252 g/mol. The highest BCUT2D eigenvalue weighted by atomic mass is 19.1. The average molecular weight is 252 g/mol. The van der Waals surface area contributed by atoms with Gasteiger partial charge in [-0.25, -0.2) is 9.18 Å². The second-order valence-corrected chi connectivity index (χ2v) is 4.42. The van der Waals surface area contributed by atoms with Gasteiger partial charge in [0.15, 0.2) is 0 Å². The number of pyridine rings is 1. The zero-order chi connectivity index (χ0) is 13.3. The summed E-state index contributed by atoms with van der Waals surface area (Å²) in [4.78, 5) is 28.0. The lowest BCUT2D eigenvalue weighted by Gasteiger charge is -2.18. The van der Waals surface area contributed by atoms with Crippen LogP contribution in [-0.4, -0.2) is 45.6 Å².